The quantitative estimate of drug-likeness (QED) is 0.826. The second-order valence-electron chi connectivity index (χ2n) is 3.11. The number of aromatic nitrogens is 1. The second kappa shape index (κ2) is 4.44. The summed E-state index contributed by atoms with van der Waals surface area (Å²) in [6, 6.07) is 3.06. The molecule has 0 saturated heterocycles. The molecule has 0 atom stereocenters. The van der Waals surface area contributed by atoms with Crippen LogP contribution in [0.15, 0.2) is 32.5 Å². The molecule has 2 aromatic rings. The van der Waals surface area contributed by atoms with E-state index in [0.717, 1.165) is 5.69 Å². The van der Waals surface area contributed by atoms with Crippen molar-refractivity contribution in [1.29, 1.82) is 0 Å². The molecular weight excluding hydrogens is 230 g/mol. The van der Waals surface area contributed by atoms with E-state index in [1.165, 1.54) is 17.8 Å². The zero-order valence-corrected chi connectivity index (χ0v) is 9.28. The van der Waals surface area contributed by atoms with Gasteiger partial charge in [-0.3, -0.25) is 0 Å². The van der Waals surface area contributed by atoms with E-state index < -0.39 is 5.97 Å². The van der Waals surface area contributed by atoms with Gasteiger partial charge in [-0.05, 0) is 19.1 Å². The largest absolute Gasteiger partial charge is 0.475 e. The number of carboxylic acid groups (broad SMARTS) is 1. The van der Waals surface area contributed by atoms with Crippen LogP contribution in [0.2, 0.25) is 0 Å². The molecule has 5 nitrogen and oxygen atoms in total. The minimum absolute atomic E-state index is 0.0563. The van der Waals surface area contributed by atoms with E-state index in [4.69, 9.17) is 13.9 Å². The summed E-state index contributed by atoms with van der Waals surface area (Å²) in [7, 11) is 0. The molecule has 0 radical (unpaired) electrons. The average molecular weight is 239 g/mol. The fraction of sp³-hybridized carbons (Fsp3) is 0.200. The molecule has 1 N–H and O–H groups in total. The fourth-order valence-corrected chi connectivity index (χ4v) is 1.85. The maximum atomic E-state index is 10.6. The van der Waals surface area contributed by atoms with Crippen molar-refractivity contribution in [3.8, 4) is 0 Å². The van der Waals surface area contributed by atoms with Crippen LogP contribution in [0.1, 0.15) is 22.0 Å². The monoisotopic (exact) mass is 239 g/mol. The number of furan rings is 1. The van der Waals surface area contributed by atoms with E-state index in [-0.39, 0.29) is 5.76 Å². The lowest BCUT2D eigenvalue weighted by Crippen LogP contribution is -1.91. The third-order valence-electron chi connectivity index (χ3n) is 1.81. The molecule has 0 aliphatic heterocycles. The van der Waals surface area contributed by atoms with Crippen molar-refractivity contribution < 1.29 is 18.7 Å². The van der Waals surface area contributed by atoms with Crippen LogP contribution < -0.4 is 0 Å². The van der Waals surface area contributed by atoms with Gasteiger partial charge < -0.3 is 13.9 Å². The predicted molar refractivity (Wildman–Crippen MR) is 56.5 cm³/mol. The van der Waals surface area contributed by atoms with Gasteiger partial charge in [-0.1, -0.05) is 11.8 Å². The Morgan fingerprint density at radius 1 is 1.56 bits per heavy atom. The van der Waals surface area contributed by atoms with Crippen molar-refractivity contribution in [3.63, 3.8) is 0 Å². The number of oxazole rings is 1. The van der Waals surface area contributed by atoms with Crippen LogP contribution in [-0.4, -0.2) is 16.1 Å². The van der Waals surface area contributed by atoms with Crippen LogP contribution in [0.4, 0.5) is 0 Å². The molecule has 0 spiro atoms. The van der Waals surface area contributed by atoms with Crippen molar-refractivity contribution in [2.75, 3.05) is 0 Å². The highest BCUT2D eigenvalue weighted by molar-refractivity contribution is 7.98. The number of aryl methyl sites for hydroxylation is 1. The Labute approximate surface area is 95.5 Å². The highest BCUT2D eigenvalue weighted by Gasteiger charge is 2.10. The Morgan fingerprint density at radius 3 is 2.94 bits per heavy atom. The van der Waals surface area contributed by atoms with Gasteiger partial charge in [-0.25, -0.2) is 9.78 Å². The number of carboxylic acids is 1. The summed E-state index contributed by atoms with van der Waals surface area (Å²) in [4.78, 5) is 14.7. The number of carbonyl (C=O) groups is 1. The van der Waals surface area contributed by atoms with Crippen molar-refractivity contribution in [2.24, 2.45) is 0 Å². The minimum Gasteiger partial charge on any atom is -0.475 e. The summed E-state index contributed by atoms with van der Waals surface area (Å²) < 4.78 is 10.2. The molecule has 0 fully saturated rings. The van der Waals surface area contributed by atoms with Crippen LogP contribution in [0.25, 0.3) is 0 Å². The molecule has 84 valence electrons. The molecule has 2 aromatic heterocycles. The van der Waals surface area contributed by atoms with Gasteiger partial charge >= 0.3 is 5.97 Å². The maximum Gasteiger partial charge on any atom is 0.371 e. The molecule has 6 heteroatoms. The van der Waals surface area contributed by atoms with Gasteiger partial charge in [0.1, 0.15) is 12.0 Å². The minimum atomic E-state index is -1.07. The molecule has 0 aliphatic rings. The van der Waals surface area contributed by atoms with E-state index in [1.54, 1.807) is 12.3 Å². The first-order valence-corrected chi connectivity index (χ1v) is 5.50. The molecular formula is C10H9NO4S. The smallest absolute Gasteiger partial charge is 0.371 e. The Morgan fingerprint density at radius 2 is 2.38 bits per heavy atom. The van der Waals surface area contributed by atoms with Crippen molar-refractivity contribution in [1.82, 2.24) is 4.98 Å². The van der Waals surface area contributed by atoms with Crippen molar-refractivity contribution in [2.45, 2.75) is 17.9 Å². The summed E-state index contributed by atoms with van der Waals surface area (Å²) in [6.45, 7) is 1.84. The first-order valence-electron chi connectivity index (χ1n) is 4.52. The Balaban J connectivity index is 1.97. The number of aromatic carboxylic acids is 1. The van der Waals surface area contributed by atoms with Crippen molar-refractivity contribution >= 4 is 17.7 Å². The van der Waals surface area contributed by atoms with Crippen molar-refractivity contribution in [3.05, 3.63) is 35.6 Å². The Hall–Kier alpha value is -1.69. The molecule has 0 amide bonds. The molecule has 0 unspecified atom stereocenters. The number of rotatable bonds is 4. The third kappa shape index (κ3) is 2.46. The zero-order valence-electron chi connectivity index (χ0n) is 8.47. The van der Waals surface area contributed by atoms with Gasteiger partial charge in [0.25, 0.3) is 5.22 Å². The first kappa shape index (κ1) is 10.8. The fourth-order valence-electron chi connectivity index (χ4n) is 1.10. The third-order valence-corrected chi connectivity index (χ3v) is 2.67. The maximum absolute atomic E-state index is 10.6. The lowest BCUT2D eigenvalue weighted by atomic mass is 10.4. The van der Waals surface area contributed by atoms with E-state index >= 15 is 0 Å². The molecule has 0 saturated carbocycles. The number of hydrogen-bond donors (Lipinski definition) is 1. The van der Waals surface area contributed by atoms with Crippen LogP contribution in [-0.2, 0) is 5.75 Å². The molecule has 2 rings (SSSR count). The van der Waals surface area contributed by atoms with Gasteiger partial charge in [-0.2, -0.15) is 0 Å². The predicted octanol–water partition coefficient (Wildman–Crippen LogP) is 2.57. The van der Waals surface area contributed by atoms with E-state index in [9.17, 15) is 4.79 Å². The van der Waals surface area contributed by atoms with Gasteiger partial charge in [0.2, 0.25) is 5.76 Å². The normalized spacial score (nSPS) is 10.6. The van der Waals surface area contributed by atoms with Gasteiger partial charge in [0.05, 0.1) is 11.4 Å². The van der Waals surface area contributed by atoms with Crippen LogP contribution in [0.3, 0.4) is 0 Å². The van der Waals surface area contributed by atoms with Gasteiger partial charge in [0.15, 0.2) is 0 Å². The molecule has 0 bridgehead atoms. The van der Waals surface area contributed by atoms with E-state index in [1.807, 2.05) is 6.92 Å². The SMILES string of the molecule is Cc1coc(SCc2ccc(C(=O)O)o2)n1. The summed E-state index contributed by atoms with van der Waals surface area (Å²) in [5.74, 6) is -0.0478. The standard InChI is InChI=1S/C10H9NO4S/c1-6-4-14-10(11-6)16-5-7-2-3-8(15-7)9(12)13/h2-4H,5H2,1H3,(H,12,13). The number of nitrogens with zero attached hydrogens (tertiary/aromatic N) is 1. The van der Waals surface area contributed by atoms with Gasteiger partial charge in [-0.15, -0.1) is 0 Å². The Kier molecular flexibility index (Phi) is 3.00. The van der Waals surface area contributed by atoms with Gasteiger partial charge in [0, 0.05) is 0 Å². The summed E-state index contributed by atoms with van der Waals surface area (Å²) >= 11 is 1.35. The average Bonchev–Trinajstić information content (AvgIpc) is 2.83. The Bertz CT molecular complexity index is 502. The molecule has 16 heavy (non-hydrogen) atoms. The van der Waals surface area contributed by atoms with E-state index in [0.29, 0.717) is 16.7 Å². The second-order valence-corrected chi connectivity index (χ2v) is 4.04. The lowest BCUT2D eigenvalue weighted by Gasteiger charge is -1.92. The molecule has 0 aliphatic carbocycles. The number of hydrogen-bond acceptors (Lipinski definition) is 5. The van der Waals surface area contributed by atoms with Crippen LogP contribution >= 0.6 is 11.8 Å². The summed E-state index contributed by atoms with van der Waals surface area (Å²) in [5.41, 5.74) is 0.813. The first-order chi connectivity index (χ1) is 7.65. The lowest BCUT2D eigenvalue weighted by molar-refractivity contribution is 0.0661. The van der Waals surface area contributed by atoms with E-state index in [2.05, 4.69) is 4.98 Å². The highest BCUT2D eigenvalue weighted by atomic mass is 32.2. The molecule has 0 aromatic carbocycles. The van der Waals surface area contributed by atoms with Crippen LogP contribution in [0.5, 0.6) is 0 Å². The summed E-state index contributed by atoms with van der Waals surface area (Å²) in [6.07, 6.45) is 1.56. The zero-order chi connectivity index (χ0) is 11.5. The summed E-state index contributed by atoms with van der Waals surface area (Å²) in [5, 5.41) is 9.20. The topological polar surface area (TPSA) is 76.5 Å². The highest BCUT2D eigenvalue weighted by Crippen LogP contribution is 2.22. The number of thioether (sulfide) groups is 1. The molecule has 2 heterocycles. The van der Waals surface area contributed by atoms with Crippen LogP contribution in [0, 0.1) is 6.92 Å².